The first-order valence-electron chi connectivity index (χ1n) is 4.63. The number of ether oxygens (including phenoxy) is 1. The molecule has 0 bridgehead atoms. The second-order valence-corrected chi connectivity index (χ2v) is 2.90. The Hall–Kier alpha value is -1.10. The van der Waals surface area contributed by atoms with Gasteiger partial charge in [0.05, 0.1) is 19.1 Å². The first-order chi connectivity index (χ1) is 6.61. The number of amides is 1. The van der Waals surface area contributed by atoms with Crippen LogP contribution in [0.25, 0.3) is 0 Å². The van der Waals surface area contributed by atoms with Crippen LogP contribution >= 0.6 is 0 Å². The maximum Gasteiger partial charge on any atom is 0.311 e. The van der Waals surface area contributed by atoms with Gasteiger partial charge in [0.1, 0.15) is 0 Å². The molecule has 0 spiro atoms. The number of esters is 1. The number of hydrogen-bond acceptors (Lipinski definition) is 4. The lowest BCUT2D eigenvalue weighted by Gasteiger charge is -2.12. The lowest BCUT2D eigenvalue weighted by atomic mass is 10.1. The van der Waals surface area contributed by atoms with Crippen molar-refractivity contribution in [2.45, 2.75) is 20.3 Å². The molecule has 0 aliphatic rings. The second-order valence-electron chi connectivity index (χ2n) is 2.90. The topological polar surface area (TPSA) is 75.6 Å². The molecule has 2 N–H and O–H groups in total. The van der Waals surface area contributed by atoms with Crippen molar-refractivity contribution in [2.24, 2.45) is 5.92 Å². The quantitative estimate of drug-likeness (QED) is 0.580. The summed E-state index contributed by atoms with van der Waals surface area (Å²) >= 11 is 0. The summed E-state index contributed by atoms with van der Waals surface area (Å²) in [5.41, 5.74) is 0. The maximum absolute atomic E-state index is 11.2. The third-order valence-electron chi connectivity index (χ3n) is 1.71. The van der Waals surface area contributed by atoms with Gasteiger partial charge in [-0.3, -0.25) is 9.59 Å². The van der Waals surface area contributed by atoms with E-state index in [0.717, 1.165) is 0 Å². The van der Waals surface area contributed by atoms with Gasteiger partial charge in [-0.25, -0.2) is 0 Å². The molecule has 0 rings (SSSR count). The molecule has 0 fully saturated rings. The van der Waals surface area contributed by atoms with Crippen LogP contribution in [0.1, 0.15) is 20.3 Å². The van der Waals surface area contributed by atoms with Crippen molar-refractivity contribution in [2.75, 3.05) is 19.8 Å². The SMILES string of the molecule is CCOC(=O)C(CO)CCNC(C)=O. The Morgan fingerprint density at radius 3 is 2.57 bits per heavy atom. The number of aliphatic hydroxyl groups excluding tert-OH is 1. The Morgan fingerprint density at radius 2 is 2.14 bits per heavy atom. The van der Waals surface area contributed by atoms with Crippen LogP contribution in [-0.4, -0.2) is 36.7 Å². The summed E-state index contributed by atoms with van der Waals surface area (Å²) in [6, 6.07) is 0. The number of nitrogens with one attached hydrogen (secondary N) is 1. The first-order valence-corrected chi connectivity index (χ1v) is 4.63. The highest BCUT2D eigenvalue weighted by atomic mass is 16.5. The Kier molecular flexibility index (Phi) is 6.74. The van der Waals surface area contributed by atoms with Gasteiger partial charge in [0.2, 0.25) is 5.91 Å². The van der Waals surface area contributed by atoms with Crippen molar-refractivity contribution in [3.05, 3.63) is 0 Å². The van der Waals surface area contributed by atoms with E-state index >= 15 is 0 Å². The molecule has 0 aliphatic heterocycles. The molecule has 82 valence electrons. The van der Waals surface area contributed by atoms with Crippen LogP contribution in [0.3, 0.4) is 0 Å². The van der Waals surface area contributed by atoms with Crippen LogP contribution in [0.4, 0.5) is 0 Å². The highest BCUT2D eigenvalue weighted by molar-refractivity contribution is 5.74. The van der Waals surface area contributed by atoms with E-state index in [9.17, 15) is 9.59 Å². The smallest absolute Gasteiger partial charge is 0.311 e. The van der Waals surface area contributed by atoms with Crippen LogP contribution in [0.5, 0.6) is 0 Å². The van der Waals surface area contributed by atoms with Crippen molar-refractivity contribution in [3.8, 4) is 0 Å². The summed E-state index contributed by atoms with van der Waals surface area (Å²) in [4.78, 5) is 21.7. The van der Waals surface area contributed by atoms with Gasteiger partial charge < -0.3 is 15.2 Å². The third kappa shape index (κ3) is 5.53. The van der Waals surface area contributed by atoms with Crippen LogP contribution in [0.15, 0.2) is 0 Å². The Balaban J connectivity index is 3.78. The van der Waals surface area contributed by atoms with E-state index in [-0.39, 0.29) is 12.5 Å². The molecule has 0 heterocycles. The van der Waals surface area contributed by atoms with Gasteiger partial charge in [-0.15, -0.1) is 0 Å². The number of carbonyl (C=O) groups excluding carboxylic acids is 2. The van der Waals surface area contributed by atoms with Crippen LogP contribution in [-0.2, 0) is 14.3 Å². The molecule has 1 atom stereocenters. The van der Waals surface area contributed by atoms with Crippen LogP contribution in [0, 0.1) is 5.92 Å². The second kappa shape index (κ2) is 7.32. The molecule has 14 heavy (non-hydrogen) atoms. The molecule has 5 nitrogen and oxygen atoms in total. The van der Waals surface area contributed by atoms with Gasteiger partial charge in [-0.2, -0.15) is 0 Å². The van der Waals surface area contributed by atoms with Crippen molar-refractivity contribution < 1.29 is 19.4 Å². The summed E-state index contributed by atoms with van der Waals surface area (Å²) in [7, 11) is 0. The molecule has 0 saturated heterocycles. The molecule has 1 unspecified atom stereocenters. The summed E-state index contributed by atoms with van der Waals surface area (Å²) in [5, 5.41) is 11.4. The van der Waals surface area contributed by atoms with Crippen molar-refractivity contribution in [1.29, 1.82) is 0 Å². The molecule has 1 amide bonds. The van der Waals surface area contributed by atoms with Crippen LogP contribution < -0.4 is 5.32 Å². The monoisotopic (exact) mass is 203 g/mol. The average Bonchev–Trinajstić information content (AvgIpc) is 2.12. The van der Waals surface area contributed by atoms with Crippen LogP contribution in [0.2, 0.25) is 0 Å². The predicted molar refractivity (Wildman–Crippen MR) is 50.5 cm³/mol. The molecule has 0 aromatic heterocycles. The molecular formula is C9H17NO4. The lowest BCUT2D eigenvalue weighted by molar-refractivity contribution is -0.149. The number of aliphatic hydroxyl groups is 1. The van der Waals surface area contributed by atoms with Gasteiger partial charge in [-0.05, 0) is 13.3 Å². The fraction of sp³-hybridized carbons (Fsp3) is 0.778. The van der Waals surface area contributed by atoms with Gasteiger partial charge in [0, 0.05) is 13.5 Å². The van der Waals surface area contributed by atoms with E-state index in [1.165, 1.54) is 6.92 Å². The van der Waals surface area contributed by atoms with Crippen molar-refractivity contribution in [3.63, 3.8) is 0 Å². The zero-order chi connectivity index (χ0) is 11.0. The molecule has 0 aromatic rings. The Labute approximate surface area is 83.4 Å². The fourth-order valence-electron chi connectivity index (χ4n) is 0.966. The van der Waals surface area contributed by atoms with E-state index in [1.807, 2.05) is 0 Å². The zero-order valence-corrected chi connectivity index (χ0v) is 8.58. The molecule has 0 aromatic carbocycles. The maximum atomic E-state index is 11.2. The summed E-state index contributed by atoms with van der Waals surface area (Å²) < 4.78 is 4.74. The first kappa shape index (κ1) is 12.9. The third-order valence-corrected chi connectivity index (χ3v) is 1.71. The molecule has 0 aliphatic carbocycles. The van der Waals surface area contributed by atoms with E-state index in [0.29, 0.717) is 19.6 Å². The predicted octanol–water partition coefficient (Wildman–Crippen LogP) is -0.316. The highest BCUT2D eigenvalue weighted by Crippen LogP contribution is 2.03. The molecular weight excluding hydrogens is 186 g/mol. The minimum Gasteiger partial charge on any atom is -0.466 e. The van der Waals surface area contributed by atoms with E-state index in [2.05, 4.69) is 5.32 Å². The average molecular weight is 203 g/mol. The van der Waals surface area contributed by atoms with Gasteiger partial charge in [0.15, 0.2) is 0 Å². The summed E-state index contributed by atoms with van der Waals surface area (Å²) in [5.74, 6) is -1.10. The lowest BCUT2D eigenvalue weighted by Crippen LogP contribution is -2.28. The van der Waals surface area contributed by atoms with Crippen molar-refractivity contribution >= 4 is 11.9 Å². The largest absolute Gasteiger partial charge is 0.466 e. The van der Waals surface area contributed by atoms with Gasteiger partial charge in [0.25, 0.3) is 0 Å². The molecule has 0 saturated carbocycles. The zero-order valence-electron chi connectivity index (χ0n) is 8.58. The Bertz CT molecular complexity index is 193. The number of hydrogen-bond donors (Lipinski definition) is 2. The normalized spacial score (nSPS) is 11.9. The number of rotatable bonds is 6. The highest BCUT2D eigenvalue weighted by Gasteiger charge is 2.18. The van der Waals surface area contributed by atoms with E-state index < -0.39 is 11.9 Å². The van der Waals surface area contributed by atoms with Gasteiger partial charge in [-0.1, -0.05) is 0 Å². The van der Waals surface area contributed by atoms with E-state index in [1.54, 1.807) is 6.92 Å². The number of carbonyl (C=O) groups is 2. The fourth-order valence-corrected chi connectivity index (χ4v) is 0.966. The minimum absolute atomic E-state index is 0.148. The standard InChI is InChI=1S/C9H17NO4/c1-3-14-9(13)8(6-11)4-5-10-7(2)12/h8,11H,3-6H2,1-2H3,(H,10,12). The van der Waals surface area contributed by atoms with Crippen molar-refractivity contribution in [1.82, 2.24) is 5.32 Å². The minimum atomic E-state index is -0.540. The van der Waals surface area contributed by atoms with E-state index in [4.69, 9.17) is 9.84 Å². The summed E-state index contributed by atoms with van der Waals surface area (Å²) in [6.07, 6.45) is 0.398. The molecule has 0 radical (unpaired) electrons. The Morgan fingerprint density at radius 1 is 1.50 bits per heavy atom. The molecule has 5 heteroatoms. The van der Waals surface area contributed by atoms with Gasteiger partial charge >= 0.3 is 5.97 Å². The summed E-state index contributed by atoms with van der Waals surface area (Å²) in [6.45, 7) is 3.53.